The predicted molar refractivity (Wildman–Crippen MR) is 117 cm³/mol. The number of halogens is 1. The number of hydrogen-bond donors (Lipinski definition) is 2. The van der Waals surface area contributed by atoms with Gasteiger partial charge in [0.1, 0.15) is 6.07 Å². The lowest BCUT2D eigenvalue weighted by molar-refractivity contribution is 0.775. The zero-order valence-corrected chi connectivity index (χ0v) is 17.3. The molecule has 4 rings (SSSR count). The minimum absolute atomic E-state index is 0.201. The van der Waals surface area contributed by atoms with E-state index < -0.39 is 0 Å². The molecule has 0 radical (unpaired) electrons. The number of aromatic nitrogens is 4. The van der Waals surface area contributed by atoms with Crippen LogP contribution >= 0.6 is 11.6 Å². The molecule has 0 unspecified atom stereocenters. The first-order chi connectivity index (χ1) is 14.5. The van der Waals surface area contributed by atoms with Crippen LogP contribution in [-0.2, 0) is 20.0 Å². The van der Waals surface area contributed by atoms with Gasteiger partial charge < -0.3 is 5.73 Å². The minimum Gasteiger partial charge on any atom is -0.325 e. The van der Waals surface area contributed by atoms with Crippen molar-refractivity contribution in [1.82, 2.24) is 20.0 Å². The second-order valence-electron chi connectivity index (χ2n) is 6.91. The van der Waals surface area contributed by atoms with E-state index in [2.05, 4.69) is 21.4 Å². The maximum atomic E-state index is 12.1. The van der Waals surface area contributed by atoms with E-state index in [1.807, 2.05) is 38.2 Å². The van der Waals surface area contributed by atoms with Crippen molar-refractivity contribution in [2.75, 3.05) is 0 Å². The van der Waals surface area contributed by atoms with Crippen molar-refractivity contribution in [2.45, 2.75) is 19.9 Å². The standard InChI is InChI=1S/C22H19ClN6O/c1-3-13-17(9-24)14(6-7-19(13)23)21-18(11-26-29(21)2)12-4-5-15-16(8-12)20(10-25)27-28-22(15)30/h4-8,11H,3,10,25H2,1-2H3,(H,28,30). The molecule has 0 saturated heterocycles. The molecule has 0 atom stereocenters. The topological polar surface area (TPSA) is 113 Å². The highest BCUT2D eigenvalue weighted by atomic mass is 35.5. The number of fused-ring (bicyclic) bond motifs is 1. The van der Waals surface area contributed by atoms with Crippen LogP contribution < -0.4 is 11.3 Å². The highest BCUT2D eigenvalue weighted by Gasteiger charge is 2.20. The molecule has 0 fully saturated rings. The monoisotopic (exact) mass is 418 g/mol. The lowest BCUT2D eigenvalue weighted by Gasteiger charge is -2.13. The fraction of sp³-hybridized carbons (Fsp3) is 0.182. The highest BCUT2D eigenvalue weighted by Crippen LogP contribution is 2.37. The Hall–Kier alpha value is -3.47. The zero-order chi connectivity index (χ0) is 21.4. The van der Waals surface area contributed by atoms with Crippen molar-refractivity contribution in [3.63, 3.8) is 0 Å². The molecule has 2 aromatic carbocycles. The molecule has 0 saturated carbocycles. The number of rotatable bonds is 4. The number of nitrogens with one attached hydrogen (secondary N) is 1. The van der Waals surface area contributed by atoms with Gasteiger partial charge in [-0.3, -0.25) is 9.48 Å². The second kappa shape index (κ2) is 7.75. The predicted octanol–water partition coefficient (Wildman–Crippen LogP) is 3.54. The Kier molecular flexibility index (Phi) is 5.12. The van der Waals surface area contributed by atoms with E-state index in [0.717, 1.165) is 27.9 Å². The lowest BCUT2D eigenvalue weighted by Crippen LogP contribution is -2.13. The van der Waals surface area contributed by atoms with Crippen LogP contribution in [0.25, 0.3) is 33.2 Å². The van der Waals surface area contributed by atoms with Gasteiger partial charge >= 0.3 is 0 Å². The smallest absolute Gasteiger partial charge is 0.272 e. The van der Waals surface area contributed by atoms with Gasteiger partial charge in [-0.05, 0) is 41.8 Å². The summed E-state index contributed by atoms with van der Waals surface area (Å²) < 4.78 is 1.74. The van der Waals surface area contributed by atoms with Crippen LogP contribution in [0.3, 0.4) is 0 Å². The van der Waals surface area contributed by atoms with Crippen LogP contribution in [0.4, 0.5) is 0 Å². The van der Waals surface area contributed by atoms with Crippen molar-refractivity contribution in [2.24, 2.45) is 12.8 Å². The quantitative estimate of drug-likeness (QED) is 0.526. The number of benzene rings is 2. The summed E-state index contributed by atoms with van der Waals surface area (Å²) >= 11 is 6.33. The van der Waals surface area contributed by atoms with Crippen LogP contribution in [0.15, 0.2) is 41.3 Å². The molecule has 30 heavy (non-hydrogen) atoms. The van der Waals surface area contributed by atoms with E-state index in [1.165, 1.54) is 0 Å². The molecule has 2 heterocycles. The van der Waals surface area contributed by atoms with Gasteiger partial charge in [-0.15, -0.1) is 0 Å². The van der Waals surface area contributed by atoms with E-state index in [0.29, 0.717) is 33.5 Å². The van der Waals surface area contributed by atoms with Crippen LogP contribution in [0, 0.1) is 11.3 Å². The number of nitriles is 1. The number of nitrogens with zero attached hydrogens (tertiary/aromatic N) is 4. The van der Waals surface area contributed by atoms with Gasteiger partial charge in [-0.25, -0.2) is 5.10 Å². The summed E-state index contributed by atoms with van der Waals surface area (Å²) in [5.74, 6) is 0. The first-order valence-corrected chi connectivity index (χ1v) is 9.83. The van der Waals surface area contributed by atoms with Crippen molar-refractivity contribution in [3.8, 4) is 28.5 Å². The average Bonchev–Trinajstić information content (AvgIpc) is 3.14. The second-order valence-corrected chi connectivity index (χ2v) is 7.32. The van der Waals surface area contributed by atoms with E-state index in [9.17, 15) is 10.1 Å². The Balaban J connectivity index is 2.00. The number of aromatic amines is 1. The van der Waals surface area contributed by atoms with Crippen molar-refractivity contribution < 1.29 is 0 Å². The third kappa shape index (κ3) is 3.07. The SMILES string of the molecule is CCc1c(Cl)ccc(-c2c(-c3ccc4c(=O)[nH]nc(CN)c4c3)cnn2C)c1C#N. The van der Waals surface area contributed by atoms with E-state index in [1.54, 1.807) is 16.9 Å². The third-order valence-electron chi connectivity index (χ3n) is 5.29. The van der Waals surface area contributed by atoms with Gasteiger partial charge in [0, 0.05) is 35.1 Å². The minimum atomic E-state index is -0.266. The third-order valence-corrected chi connectivity index (χ3v) is 5.64. The van der Waals surface area contributed by atoms with Gasteiger partial charge in [-0.2, -0.15) is 15.5 Å². The molecule has 0 spiro atoms. The van der Waals surface area contributed by atoms with Crippen LogP contribution in [-0.4, -0.2) is 20.0 Å². The van der Waals surface area contributed by atoms with Crippen LogP contribution in [0.1, 0.15) is 23.7 Å². The lowest BCUT2D eigenvalue weighted by atomic mass is 9.93. The van der Waals surface area contributed by atoms with E-state index >= 15 is 0 Å². The molecule has 0 aliphatic heterocycles. The molecule has 0 aliphatic carbocycles. The maximum absolute atomic E-state index is 12.1. The summed E-state index contributed by atoms with van der Waals surface area (Å²) in [5.41, 5.74) is 10.7. The summed E-state index contributed by atoms with van der Waals surface area (Å²) in [6.07, 6.45) is 2.40. The molecule has 0 bridgehead atoms. The van der Waals surface area contributed by atoms with Gasteiger partial charge in [0.05, 0.1) is 28.5 Å². The molecule has 2 aromatic heterocycles. The highest BCUT2D eigenvalue weighted by molar-refractivity contribution is 6.31. The van der Waals surface area contributed by atoms with E-state index in [-0.39, 0.29) is 12.1 Å². The van der Waals surface area contributed by atoms with Gasteiger partial charge in [0.15, 0.2) is 0 Å². The molecular weight excluding hydrogens is 400 g/mol. The maximum Gasteiger partial charge on any atom is 0.272 e. The summed E-state index contributed by atoms with van der Waals surface area (Å²) in [5, 5.41) is 22.6. The fourth-order valence-electron chi connectivity index (χ4n) is 3.80. The molecule has 4 aromatic rings. The first kappa shape index (κ1) is 19.8. The van der Waals surface area contributed by atoms with Gasteiger partial charge in [0.2, 0.25) is 0 Å². The van der Waals surface area contributed by atoms with Gasteiger partial charge in [0.25, 0.3) is 5.56 Å². The number of aryl methyl sites for hydroxylation is 1. The van der Waals surface area contributed by atoms with Crippen molar-refractivity contribution in [1.29, 1.82) is 5.26 Å². The Morgan fingerprint density at radius 3 is 2.73 bits per heavy atom. The van der Waals surface area contributed by atoms with E-state index in [4.69, 9.17) is 17.3 Å². The van der Waals surface area contributed by atoms with Gasteiger partial charge in [-0.1, -0.05) is 24.6 Å². The molecular formula is C22H19ClN6O. The summed E-state index contributed by atoms with van der Waals surface area (Å²) in [7, 11) is 1.83. The summed E-state index contributed by atoms with van der Waals surface area (Å²) in [4.78, 5) is 12.1. The molecule has 0 aliphatic rings. The molecule has 8 heteroatoms. The Morgan fingerprint density at radius 2 is 2.03 bits per heavy atom. The Labute approximate surface area is 177 Å². The summed E-state index contributed by atoms with van der Waals surface area (Å²) in [6.45, 7) is 2.17. The average molecular weight is 419 g/mol. The number of hydrogen-bond acceptors (Lipinski definition) is 5. The van der Waals surface area contributed by atoms with Crippen LogP contribution in [0.2, 0.25) is 5.02 Å². The van der Waals surface area contributed by atoms with Crippen LogP contribution in [0.5, 0.6) is 0 Å². The zero-order valence-electron chi connectivity index (χ0n) is 16.5. The molecule has 150 valence electrons. The number of nitrogens with two attached hydrogens (primary N) is 1. The molecule has 7 nitrogen and oxygen atoms in total. The number of H-pyrrole nitrogens is 1. The fourth-order valence-corrected chi connectivity index (χ4v) is 4.10. The first-order valence-electron chi connectivity index (χ1n) is 9.45. The Bertz CT molecular complexity index is 1380. The molecule has 0 amide bonds. The normalized spacial score (nSPS) is 11.0. The molecule has 3 N–H and O–H groups in total. The summed E-state index contributed by atoms with van der Waals surface area (Å²) in [6, 6.07) is 11.5. The van der Waals surface area contributed by atoms with Crippen molar-refractivity contribution >= 4 is 22.4 Å². The largest absolute Gasteiger partial charge is 0.325 e. The van der Waals surface area contributed by atoms with Crippen molar-refractivity contribution in [3.05, 3.63) is 68.7 Å². The Morgan fingerprint density at radius 1 is 1.23 bits per heavy atom.